The first-order valence-electron chi connectivity index (χ1n) is 7.47. The summed E-state index contributed by atoms with van der Waals surface area (Å²) in [5.41, 5.74) is 2.12. The molecule has 1 fully saturated rings. The molecule has 0 aromatic carbocycles. The number of hydrogen-bond acceptors (Lipinski definition) is 4. The van der Waals surface area contributed by atoms with Crippen LogP contribution >= 0.6 is 0 Å². The van der Waals surface area contributed by atoms with Gasteiger partial charge >= 0.3 is 5.97 Å². The van der Waals surface area contributed by atoms with Crippen molar-refractivity contribution >= 4 is 11.9 Å². The summed E-state index contributed by atoms with van der Waals surface area (Å²) in [6, 6.07) is 1.30. The molecule has 0 saturated carbocycles. The zero-order valence-corrected chi connectivity index (χ0v) is 13.4. The first kappa shape index (κ1) is 15.3. The molecule has 2 aromatic heterocycles. The van der Waals surface area contributed by atoms with Gasteiger partial charge in [0.15, 0.2) is 5.69 Å². The highest BCUT2D eigenvalue weighted by molar-refractivity contribution is 5.96. The maximum atomic E-state index is 12.9. The molecular weight excluding hydrogens is 298 g/mol. The molecule has 0 radical (unpaired) electrons. The van der Waals surface area contributed by atoms with Gasteiger partial charge in [-0.1, -0.05) is 0 Å². The molecule has 8 heteroatoms. The third-order valence-electron chi connectivity index (χ3n) is 4.24. The van der Waals surface area contributed by atoms with Crippen molar-refractivity contribution in [2.75, 3.05) is 6.54 Å². The summed E-state index contributed by atoms with van der Waals surface area (Å²) >= 11 is 0. The molecule has 8 nitrogen and oxygen atoms in total. The van der Waals surface area contributed by atoms with Crippen molar-refractivity contribution in [1.29, 1.82) is 0 Å². The normalized spacial score (nSPS) is 17.7. The third-order valence-corrected chi connectivity index (χ3v) is 4.24. The van der Waals surface area contributed by atoms with E-state index in [1.165, 1.54) is 10.7 Å². The Kier molecular flexibility index (Phi) is 3.67. The van der Waals surface area contributed by atoms with Crippen LogP contribution in [0.25, 0.3) is 0 Å². The second-order valence-electron chi connectivity index (χ2n) is 5.84. The molecule has 2 aromatic rings. The van der Waals surface area contributed by atoms with Crippen LogP contribution in [0.1, 0.15) is 51.1 Å². The van der Waals surface area contributed by atoms with Crippen molar-refractivity contribution < 1.29 is 14.7 Å². The van der Waals surface area contributed by atoms with E-state index in [0.29, 0.717) is 6.54 Å². The summed E-state index contributed by atoms with van der Waals surface area (Å²) in [6.45, 7) is 2.58. The van der Waals surface area contributed by atoms with Crippen LogP contribution in [-0.2, 0) is 14.1 Å². The molecule has 1 saturated heterocycles. The number of aromatic carboxylic acids is 1. The lowest BCUT2D eigenvalue weighted by atomic mass is 10.1. The summed E-state index contributed by atoms with van der Waals surface area (Å²) < 4.78 is 3.08. The van der Waals surface area contributed by atoms with Crippen LogP contribution in [-0.4, -0.2) is 48.0 Å². The zero-order chi connectivity index (χ0) is 16.7. The van der Waals surface area contributed by atoms with E-state index >= 15 is 0 Å². The van der Waals surface area contributed by atoms with Gasteiger partial charge in [-0.2, -0.15) is 10.2 Å². The standard InChI is InChI=1S/C15H19N5O3/c1-9-10(8-18(2)16-9)12-5-4-6-20(12)14(21)13-7-11(15(22)23)17-19(13)3/h7-8,12H,4-6H2,1-3H3,(H,22,23). The molecule has 23 heavy (non-hydrogen) atoms. The molecule has 0 aliphatic carbocycles. The highest BCUT2D eigenvalue weighted by Gasteiger charge is 2.34. The van der Waals surface area contributed by atoms with E-state index < -0.39 is 5.97 Å². The minimum absolute atomic E-state index is 0.0284. The minimum atomic E-state index is -1.14. The average molecular weight is 317 g/mol. The monoisotopic (exact) mass is 317 g/mol. The van der Waals surface area contributed by atoms with Crippen molar-refractivity contribution in [2.45, 2.75) is 25.8 Å². The van der Waals surface area contributed by atoms with Crippen LogP contribution in [0, 0.1) is 6.92 Å². The van der Waals surface area contributed by atoms with Crippen molar-refractivity contribution in [3.63, 3.8) is 0 Å². The van der Waals surface area contributed by atoms with Crippen molar-refractivity contribution in [1.82, 2.24) is 24.5 Å². The van der Waals surface area contributed by atoms with Gasteiger partial charge in [-0.3, -0.25) is 14.2 Å². The number of carboxylic acids is 1. The average Bonchev–Trinajstić information content (AvgIpc) is 3.16. The molecule has 1 N–H and O–H groups in total. The van der Waals surface area contributed by atoms with Gasteiger partial charge < -0.3 is 10.0 Å². The Morgan fingerprint density at radius 1 is 1.30 bits per heavy atom. The molecule has 1 amide bonds. The van der Waals surface area contributed by atoms with Gasteiger partial charge in [-0.25, -0.2) is 4.79 Å². The van der Waals surface area contributed by atoms with Crippen LogP contribution in [0.15, 0.2) is 12.3 Å². The largest absolute Gasteiger partial charge is 0.476 e. The molecule has 3 rings (SSSR count). The fourth-order valence-electron chi connectivity index (χ4n) is 3.20. The molecule has 1 aliphatic rings. The van der Waals surface area contributed by atoms with Gasteiger partial charge in [0.1, 0.15) is 5.69 Å². The van der Waals surface area contributed by atoms with E-state index in [1.54, 1.807) is 16.6 Å². The van der Waals surface area contributed by atoms with Crippen molar-refractivity contribution in [3.8, 4) is 0 Å². The topological polar surface area (TPSA) is 93.2 Å². The number of rotatable bonds is 3. The lowest BCUT2D eigenvalue weighted by molar-refractivity contribution is 0.0688. The fraction of sp³-hybridized carbons (Fsp3) is 0.467. The molecule has 1 atom stereocenters. The quantitative estimate of drug-likeness (QED) is 0.916. The summed E-state index contributed by atoms with van der Waals surface area (Å²) in [6.07, 6.45) is 3.73. The van der Waals surface area contributed by atoms with Crippen LogP contribution < -0.4 is 0 Å². The van der Waals surface area contributed by atoms with Gasteiger partial charge in [-0.15, -0.1) is 0 Å². The third kappa shape index (κ3) is 2.60. The number of carbonyl (C=O) groups is 2. The van der Waals surface area contributed by atoms with Gasteiger partial charge in [0.2, 0.25) is 0 Å². The first-order valence-corrected chi connectivity index (χ1v) is 7.47. The smallest absolute Gasteiger partial charge is 0.356 e. The van der Waals surface area contributed by atoms with Gasteiger partial charge in [0.05, 0.1) is 11.7 Å². The van der Waals surface area contributed by atoms with Gasteiger partial charge in [0.25, 0.3) is 5.91 Å². The Morgan fingerprint density at radius 3 is 2.61 bits per heavy atom. The molecule has 1 aliphatic heterocycles. The van der Waals surface area contributed by atoms with Crippen molar-refractivity contribution in [3.05, 3.63) is 34.9 Å². The predicted molar refractivity (Wildman–Crippen MR) is 81.1 cm³/mol. The fourth-order valence-corrected chi connectivity index (χ4v) is 3.20. The zero-order valence-electron chi connectivity index (χ0n) is 13.4. The number of amides is 1. The van der Waals surface area contributed by atoms with Gasteiger partial charge in [0, 0.05) is 38.5 Å². The number of nitrogens with zero attached hydrogens (tertiary/aromatic N) is 5. The van der Waals surface area contributed by atoms with Crippen LogP contribution in [0.2, 0.25) is 0 Å². The molecule has 3 heterocycles. The SMILES string of the molecule is Cc1nn(C)cc1C1CCCN1C(=O)c1cc(C(=O)O)nn1C. The molecule has 0 spiro atoms. The predicted octanol–water partition coefficient (Wildman–Crippen LogP) is 1.14. The molecule has 0 bridgehead atoms. The Balaban J connectivity index is 1.92. The van der Waals surface area contributed by atoms with Crippen molar-refractivity contribution in [2.24, 2.45) is 14.1 Å². The number of carbonyl (C=O) groups excluding carboxylic acids is 1. The minimum Gasteiger partial charge on any atom is -0.476 e. The van der Waals surface area contributed by atoms with E-state index in [4.69, 9.17) is 5.11 Å². The Morgan fingerprint density at radius 2 is 2.04 bits per heavy atom. The highest BCUT2D eigenvalue weighted by atomic mass is 16.4. The Hall–Kier alpha value is -2.64. The lowest BCUT2D eigenvalue weighted by Gasteiger charge is -2.24. The molecular formula is C15H19N5O3. The lowest BCUT2D eigenvalue weighted by Crippen LogP contribution is -2.32. The summed E-state index contributed by atoms with van der Waals surface area (Å²) in [7, 11) is 3.44. The van der Waals surface area contributed by atoms with E-state index in [-0.39, 0.29) is 23.3 Å². The van der Waals surface area contributed by atoms with Gasteiger partial charge in [-0.05, 0) is 19.8 Å². The van der Waals surface area contributed by atoms with E-state index in [0.717, 1.165) is 24.1 Å². The van der Waals surface area contributed by atoms with Crippen LogP contribution in [0.5, 0.6) is 0 Å². The number of carboxylic acid groups (broad SMARTS) is 1. The van der Waals surface area contributed by atoms with E-state index in [2.05, 4.69) is 10.2 Å². The molecule has 122 valence electrons. The number of aryl methyl sites for hydroxylation is 3. The summed E-state index contributed by atoms with van der Waals surface area (Å²) in [5.74, 6) is -1.33. The second-order valence-corrected chi connectivity index (χ2v) is 5.84. The maximum Gasteiger partial charge on any atom is 0.356 e. The first-order chi connectivity index (χ1) is 10.9. The number of aromatic nitrogens is 4. The van der Waals surface area contributed by atoms with E-state index in [1.807, 2.05) is 20.2 Å². The molecule has 1 unspecified atom stereocenters. The van der Waals surface area contributed by atoms with Crippen LogP contribution in [0.3, 0.4) is 0 Å². The Bertz CT molecular complexity index is 776. The van der Waals surface area contributed by atoms with E-state index in [9.17, 15) is 9.59 Å². The number of hydrogen-bond donors (Lipinski definition) is 1. The summed E-state index contributed by atoms with van der Waals surface area (Å²) in [5, 5.41) is 17.3. The number of likely N-dealkylation sites (tertiary alicyclic amines) is 1. The maximum absolute atomic E-state index is 12.9. The Labute approximate surface area is 133 Å². The highest BCUT2D eigenvalue weighted by Crippen LogP contribution is 2.34. The summed E-state index contributed by atoms with van der Waals surface area (Å²) in [4.78, 5) is 25.7. The second kappa shape index (κ2) is 5.53. The van der Waals surface area contributed by atoms with Crippen LogP contribution in [0.4, 0.5) is 0 Å².